The number of hydrogen-bond acceptors (Lipinski definition) is 8. The average Bonchev–Trinajstić information content (AvgIpc) is 2.90. The van der Waals surface area contributed by atoms with Gasteiger partial charge in [-0.1, -0.05) is 0 Å². The maximum atomic E-state index is 13.3. The van der Waals surface area contributed by atoms with E-state index in [1.165, 1.54) is 0 Å². The average molecular weight is 523 g/mol. The number of aromatic nitrogens is 1. The Kier molecular flexibility index (Phi) is 6.05. The van der Waals surface area contributed by atoms with Crippen LogP contribution in [0.2, 0.25) is 0 Å². The topological polar surface area (TPSA) is 170 Å². The summed E-state index contributed by atoms with van der Waals surface area (Å²) in [6.07, 6.45) is -5.65. The first-order valence-corrected chi connectivity index (χ1v) is 11.6. The molecule has 3 N–H and O–H groups in total. The van der Waals surface area contributed by atoms with E-state index in [0.717, 1.165) is 4.90 Å². The highest BCUT2D eigenvalue weighted by Crippen LogP contribution is 2.43. The lowest BCUT2D eigenvalue weighted by Crippen LogP contribution is -2.50. The summed E-state index contributed by atoms with van der Waals surface area (Å²) in [6, 6.07) is -2.44. The molecule has 1 aromatic heterocycles. The van der Waals surface area contributed by atoms with Gasteiger partial charge in [-0.15, -0.1) is 4.28 Å². The summed E-state index contributed by atoms with van der Waals surface area (Å²) in [5, 5.41) is 8.37. The van der Waals surface area contributed by atoms with Gasteiger partial charge < -0.3 is 4.90 Å². The van der Waals surface area contributed by atoms with Crippen molar-refractivity contribution in [2.75, 3.05) is 6.54 Å². The molecule has 1 aromatic rings. The van der Waals surface area contributed by atoms with E-state index in [1.54, 1.807) is 4.72 Å². The Bertz CT molecular complexity index is 1170. The SMILES string of the molecule is N=C(NS(=O)(=O)c1ccc(C(F)(F)C(F)(F)F)nc1)C1CCC2CN1C(=O)N2OS(=O)(=O)O. The predicted molar refractivity (Wildman–Crippen MR) is 95.6 cm³/mol. The second-order valence-electron chi connectivity index (χ2n) is 6.98. The van der Waals surface area contributed by atoms with Crippen molar-refractivity contribution < 1.29 is 52.4 Å². The monoisotopic (exact) mass is 523 g/mol. The summed E-state index contributed by atoms with van der Waals surface area (Å²) in [5.41, 5.74) is -1.73. The van der Waals surface area contributed by atoms with Crippen molar-refractivity contribution >= 4 is 32.3 Å². The number of hydrogen-bond donors (Lipinski definition) is 3. The molecular weight excluding hydrogens is 509 g/mol. The highest BCUT2D eigenvalue weighted by atomic mass is 32.3. The molecule has 0 aliphatic carbocycles. The van der Waals surface area contributed by atoms with E-state index in [1.807, 2.05) is 0 Å². The minimum atomic E-state index is -5.95. The Morgan fingerprint density at radius 1 is 1.18 bits per heavy atom. The number of fused-ring (bicyclic) bond motifs is 2. The van der Waals surface area contributed by atoms with Gasteiger partial charge in [0.15, 0.2) is 0 Å². The first kappa shape index (κ1) is 25.0. The Hall–Kier alpha value is -2.64. The number of halogens is 5. The van der Waals surface area contributed by atoms with Gasteiger partial charge in [0, 0.05) is 12.7 Å². The molecule has 33 heavy (non-hydrogen) atoms. The van der Waals surface area contributed by atoms with E-state index < -0.39 is 67.1 Å². The van der Waals surface area contributed by atoms with Gasteiger partial charge in [-0.3, -0.25) is 19.7 Å². The van der Waals surface area contributed by atoms with Crippen LogP contribution in [0.1, 0.15) is 18.5 Å². The first-order chi connectivity index (χ1) is 14.9. The Morgan fingerprint density at radius 2 is 1.82 bits per heavy atom. The molecular formula is C14H14F5N5O7S2. The minimum Gasteiger partial charge on any atom is -0.310 e. The molecule has 2 saturated heterocycles. The fraction of sp³-hybridized carbons (Fsp3) is 0.500. The van der Waals surface area contributed by atoms with Crippen LogP contribution in [0.25, 0.3) is 0 Å². The molecule has 2 fully saturated rings. The van der Waals surface area contributed by atoms with Crippen LogP contribution >= 0.6 is 0 Å². The number of piperidine rings is 1. The zero-order chi connectivity index (χ0) is 25.0. The van der Waals surface area contributed by atoms with Crippen LogP contribution in [-0.2, 0) is 30.6 Å². The molecule has 0 radical (unpaired) electrons. The Labute approximate surface area is 182 Å². The molecule has 3 rings (SSSR count). The van der Waals surface area contributed by atoms with Crippen LogP contribution in [0.4, 0.5) is 26.7 Å². The van der Waals surface area contributed by atoms with Crippen molar-refractivity contribution in [2.45, 2.75) is 41.9 Å². The Balaban J connectivity index is 1.75. The minimum absolute atomic E-state index is 0.0158. The third-order valence-corrected chi connectivity index (χ3v) is 6.50. The summed E-state index contributed by atoms with van der Waals surface area (Å²) in [7, 11) is -9.69. The standard InChI is InChI=1S/C14H14F5N5O7S2/c15-13(16,14(17,18)19)10-4-2-8(5-21-10)32(26,27)22-11(20)9-3-1-7-6-23(9)12(25)24(7)31-33(28,29)30/h2,4-5,7,9H,1,3,6H2,(H2,20,22)(H,28,29,30). The van der Waals surface area contributed by atoms with E-state index >= 15 is 0 Å². The summed E-state index contributed by atoms with van der Waals surface area (Å²) < 4.78 is 125. The summed E-state index contributed by atoms with van der Waals surface area (Å²) in [6.45, 7) is -0.161. The van der Waals surface area contributed by atoms with Crippen molar-refractivity contribution in [2.24, 2.45) is 0 Å². The van der Waals surface area contributed by atoms with E-state index in [4.69, 9.17) is 9.96 Å². The summed E-state index contributed by atoms with van der Waals surface area (Å²) >= 11 is 0. The normalized spacial score (nSPS) is 21.9. The molecule has 0 aromatic carbocycles. The van der Waals surface area contributed by atoms with E-state index in [0.29, 0.717) is 11.1 Å². The second-order valence-corrected chi connectivity index (χ2v) is 9.67. The van der Waals surface area contributed by atoms with Gasteiger partial charge in [0.2, 0.25) is 0 Å². The fourth-order valence-electron chi connectivity index (χ4n) is 3.27. The maximum absolute atomic E-state index is 13.3. The molecule has 3 heterocycles. The van der Waals surface area contributed by atoms with E-state index in [-0.39, 0.29) is 31.6 Å². The number of nitrogens with zero attached hydrogens (tertiary/aromatic N) is 3. The number of carbonyl (C=O) groups is 1. The van der Waals surface area contributed by atoms with Crippen LogP contribution in [0.15, 0.2) is 23.2 Å². The molecule has 0 saturated carbocycles. The molecule has 0 spiro atoms. The highest BCUT2D eigenvalue weighted by molar-refractivity contribution is 7.90. The number of amidine groups is 1. The second kappa shape index (κ2) is 7.99. The maximum Gasteiger partial charge on any atom is 0.459 e. The van der Waals surface area contributed by atoms with E-state index in [9.17, 15) is 43.6 Å². The summed E-state index contributed by atoms with van der Waals surface area (Å²) in [4.78, 5) is 15.3. The highest BCUT2D eigenvalue weighted by Gasteiger charge is 2.60. The van der Waals surface area contributed by atoms with Crippen LogP contribution < -0.4 is 4.72 Å². The van der Waals surface area contributed by atoms with Crippen LogP contribution in [0.3, 0.4) is 0 Å². The molecule has 2 unspecified atom stereocenters. The molecule has 2 bridgehead atoms. The van der Waals surface area contributed by atoms with Crippen LogP contribution in [0, 0.1) is 5.41 Å². The number of nitrogens with one attached hydrogen (secondary N) is 2. The number of alkyl halides is 5. The Morgan fingerprint density at radius 3 is 2.33 bits per heavy atom. The van der Waals surface area contributed by atoms with Crippen molar-refractivity contribution in [1.82, 2.24) is 19.7 Å². The molecule has 12 nitrogen and oxygen atoms in total. The van der Waals surface area contributed by atoms with Crippen molar-refractivity contribution in [1.29, 1.82) is 5.41 Å². The zero-order valence-electron chi connectivity index (χ0n) is 16.0. The number of hydroxylamine groups is 2. The van der Waals surface area contributed by atoms with Gasteiger partial charge >= 0.3 is 28.5 Å². The number of sulfonamides is 1. The van der Waals surface area contributed by atoms with Crippen molar-refractivity contribution in [3.8, 4) is 0 Å². The molecule has 184 valence electrons. The lowest BCUT2D eigenvalue weighted by atomic mass is 10.0. The number of urea groups is 1. The third kappa shape index (κ3) is 4.84. The summed E-state index contributed by atoms with van der Waals surface area (Å²) in [5.74, 6) is -6.08. The molecule has 19 heteroatoms. The smallest absolute Gasteiger partial charge is 0.310 e. The van der Waals surface area contributed by atoms with Crippen LogP contribution in [0.5, 0.6) is 0 Å². The van der Waals surface area contributed by atoms with Crippen molar-refractivity contribution in [3.05, 3.63) is 24.0 Å². The van der Waals surface area contributed by atoms with Gasteiger partial charge in [-0.2, -0.15) is 35.4 Å². The number of amides is 2. The van der Waals surface area contributed by atoms with Crippen molar-refractivity contribution in [3.63, 3.8) is 0 Å². The third-order valence-electron chi connectivity index (χ3n) is 4.80. The lowest BCUT2D eigenvalue weighted by Gasteiger charge is -2.30. The largest absolute Gasteiger partial charge is 0.459 e. The zero-order valence-corrected chi connectivity index (χ0v) is 17.6. The van der Waals surface area contributed by atoms with Gasteiger partial charge in [0.25, 0.3) is 10.0 Å². The van der Waals surface area contributed by atoms with E-state index in [2.05, 4.69) is 9.27 Å². The van der Waals surface area contributed by atoms with Gasteiger partial charge in [-0.05, 0) is 25.0 Å². The quantitative estimate of drug-likeness (QED) is 0.215. The lowest BCUT2D eigenvalue weighted by molar-refractivity contribution is -0.291. The first-order valence-electron chi connectivity index (χ1n) is 8.73. The molecule has 2 aliphatic rings. The van der Waals surface area contributed by atoms with Gasteiger partial charge in [0.05, 0.1) is 12.1 Å². The van der Waals surface area contributed by atoms with Gasteiger partial charge in [-0.25, -0.2) is 13.2 Å². The number of rotatable bonds is 6. The molecule has 2 aliphatic heterocycles. The fourth-order valence-corrected chi connectivity index (χ4v) is 4.64. The van der Waals surface area contributed by atoms with Gasteiger partial charge in [0.1, 0.15) is 16.4 Å². The number of pyridine rings is 1. The number of carbonyl (C=O) groups excluding carboxylic acids is 1. The predicted octanol–water partition coefficient (Wildman–Crippen LogP) is 0.994. The molecule has 2 atom stereocenters. The van der Waals surface area contributed by atoms with Crippen LogP contribution in [-0.4, -0.2) is 73.0 Å². The molecule has 2 amide bonds.